The Balaban J connectivity index is 1.63. The molecule has 0 unspecified atom stereocenters. The van der Waals surface area contributed by atoms with Gasteiger partial charge in [-0.2, -0.15) is 0 Å². The molecule has 2 aromatic rings. The first-order valence-electron chi connectivity index (χ1n) is 8.34. The van der Waals surface area contributed by atoms with Crippen LogP contribution < -0.4 is 9.64 Å². The molecular weight excluding hydrogens is 300 g/mol. The van der Waals surface area contributed by atoms with E-state index in [9.17, 15) is 4.79 Å². The number of rotatable bonds is 3. The molecule has 0 aromatic heterocycles. The smallest absolute Gasteiger partial charge is 0.253 e. The highest BCUT2D eigenvalue weighted by Crippen LogP contribution is 2.21. The number of aryl methyl sites for hydroxylation is 2. The highest BCUT2D eigenvalue weighted by Gasteiger charge is 2.22. The van der Waals surface area contributed by atoms with E-state index in [1.54, 1.807) is 7.11 Å². The second kappa shape index (κ2) is 6.95. The summed E-state index contributed by atoms with van der Waals surface area (Å²) in [6.07, 6.45) is 0. The maximum atomic E-state index is 12.6. The summed E-state index contributed by atoms with van der Waals surface area (Å²) >= 11 is 0. The van der Waals surface area contributed by atoms with E-state index in [1.165, 1.54) is 16.8 Å². The molecule has 0 N–H and O–H groups in total. The van der Waals surface area contributed by atoms with Gasteiger partial charge in [-0.15, -0.1) is 0 Å². The average Bonchev–Trinajstić information content (AvgIpc) is 2.63. The maximum Gasteiger partial charge on any atom is 0.253 e. The molecule has 1 amide bonds. The molecule has 0 radical (unpaired) electrons. The minimum Gasteiger partial charge on any atom is -0.497 e. The molecule has 0 atom stereocenters. The lowest BCUT2D eigenvalue weighted by atomic mass is 10.1. The maximum absolute atomic E-state index is 12.6. The summed E-state index contributed by atoms with van der Waals surface area (Å²) < 4.78 is 5.14. The van der Waals surface area contributed by atoms with Crippen molar-refractivity contribution < 1.29 is 9.53 Å². The van der Waals surface area contributed by atoms with Gasteiger partial charge in [-0.3, -0.25) is 4.79 Å². The van der Waals surface area contributed by atoms with Gasteiger partial charge >= 0.3 is 0 Å². The fraction of sp³-hybridized carbons (Fsp3) is 0.350. The van der Waals surface area contributed by atoms with Crippen molar-refractivity contribution in [2.24, 2.45) is 0 Å². The van der Waals surface area contributed by atoms with Crippen LogP contribution in [0.25, 0.3) is 0 Å². The predicted octanol–water partition coefficient (Wildman–Crippen LogP) is 3.27. The quantitative estimate of drug-likeness (QED) is 0.869. The average molecular weight is 324 g/mol. The first-order chi connectivity index (χ1) is 11.6. The van der Waals surface area contributed by atoms with Gasteiger partial charge in [0.1, 0.15) is 5.75 Å². The highest BCUT2D eigenvalue weighted by atomic mass is 16.5. The third-order valence-corrected chi connectivity index (χ3v) is 4.76. The van der Waals surface area contributed by atoms with Crippen LogP contribution >= 0.6 is 0 Å². The standard InChI is InChI=1S/C20H24N2O2/c1-15-4-7-18(14-16(15)2)21-10-12-22(13-11-21)20(23)17-5-8-19(24-3)9-6-17/h4-9,14H,10-13H2,1-3H3. The molecule has 1 aliphatic rings. The molecule has 4 heteroatoms. The van der Waals surface area contributed by atoms with E-state index in [0.29, 0.717) is 0 Å². The Morgan fingerprint density at radius 2 is 1.58 bits per heavy atom. The minimum absolute atomic E-state index is 0.0948. The van der Waals surface area contributed by atoms with Gasteiger partial charge in [-0.1, -0.05) is 6.07 Å². The Labute approximate surface area is 143 Å². The molecule has 0 bridgehead atoms. The van der Waals surface area contributed by atoms with Crippen LogP contribution in [0, 0.1) is 13.8 Å². The fourth-order valence-electron chi connectivity index (χ4n) is 3.01. The van der Waals surface area contributed by atoms with Gasteiger partial charge in [0.05, 0.1) is 7.11 Å². The number of amides is 1. The Bertz CT molecular complexity index is 717. The lowest BCUT2D eigenvalue weighted by Gasteiger charge is -2.36. The number of hydrogen-bond donors (Lipinski definition) is 0. The molecule has 3 rings (SSSR count). The van der Waals surface area contributed by atoms with E-state index in [2.05, 4.69) is 36.9 Å². The third-order valence-electron chi connectivity index (χ3n) is 4.76. The molecule has 1 fully saturated rings. The van der Waals surface area contributed by atoms with E-state index >= 15 is 0 Å². The van der Waals surface area contributed by atoms with E-state index < -0.39 is 0 Å². The number of ether oxygens (including phenoxy) is 1. The topological polar surface area (TPSA) is 32.8 Å². The van der Waals surface area contributed by atoms with Crippen molar-refractivity contribution in [3.8, 4) is 5.75 Å². The zero-order valence-corrected chi connectivity index (χ0v) is 14.6. The number of piperazine rings is 1. The summed E-state index contributed by atoms with van der Waals surface area (Å²) in [7, 11) is 1.63. The molecule has 1 saturated heterocycles. The Kier molecular flexibility index (Phi) is 4.74. The molecule has 0 aliphatic carbocycles. The molecule has 24 heavy (non-hydrogen) atoms. The van der Waals surface area contributed by atoms with Gasteiger partial charge in [0.2, 0.25) is 0 Å². The van der Waals surface area contributed by atoms with Crippen LogP contribution in [-0.2, 0) is 0 Å². The van der Waals surface area contributed by atoms with Crippen molar-refractivity contribution >= 4 is 11.6 Å². The molecular formula is C20H24N2O2. The first-order valence-corrected chi connectivity index (χ1v) is 8.34. The lowest BCUT2D eigenvalue weighted by molar-refractivity contribution is 0.0747. The Morgan fingerprint density at radius 3 is 2.17 bits per heavy atom. The van der Waals surface area contributed by atoms with Crippen molar-refractivity contribution in [3.05, 3.63) is 59.2 Å². The summed E-state index contributed by atoms with van der Waals surface area (Å²) in [6, 6.07) is 13.9. The van der Waals surface area contributed by atoms with Crippen LogP contribution in [0.5, 0.6) is 5.75 Å². The van der Waals surface area contributed by atoms with Crippen LogP contribution in [0.2, 0.25) is 0 Å². The summed E-state index contributed by atoms with van der Waals surface area (Å²) in [4.78, 5) is 16.9. The van der Waals surface area contributed by atoms with Crippen molar-refractivity contribution in [2.75, 3.05) is 38.2 Å². The van der Waals surface area contributed by atoms with Crippen molar-refractivity contribution in [1.82, 2.24) is 4.90 Å². The Hall–Kier alpha value is -2.49. The number of carbonyl (C=O) groups is 1. The van der Waals surface area contributed by atoms with E-state index in [0.717, 1.165) is 37.5 Å². The number of hydrogen-bond acceptors (Lipinski definition) is 3. The van der Waals surface area contributed by atoms with E-state index in [1.807, 2.05) is 29.2 Å². The monoisotopic (exact) mass is 324 g/mol. The normalized spacial score (nSPS) is 14.6. The van der Waals surface area contributed by atoms with Crippen LogP contribution in [0.1, 0.15) is 21.5 Å². The van der Waals surface area contributed by atoms with Crippen LogP contribution in [0.3, 0.4) is 0 Å². The molecule has 0 saturated carbocycles. The van der Waals surface area contributed by atoms with Crippen molar-refractivity contribution in [1.29, 1.82) is 0 Å². The van der Waals surface area contributed by atoms with Crippen molar-refractivity contribution in [3.63, 3.8) is 0 Å². The number of carbonyl (C=O) groups excluding carboxylic acids is 1. The van der Waals surface area contributed by atoms with Crippen molar-refractivity contribution in [2.45, 2.75) is 13.8 Å². The number of nitrogens with zero attached hydrogens (tertiary/aromatic N) is 2. The number of benzene rings is 2. The van der Waals surface area contributed by atoms with Gasteiger partial charge in [0, 0.05) is 37.4 Å². The Morgan fingerprint density at radius 1 is 0.917 bits per heavy atom. The highest BCUT2D eigenvalue weighted by molar-refractivity contribution is 5.94. The van der Waals surface area contributed by atoms with Gasteiger partial charge < -0.3 is 14.5 Å². The minimum atomic E-state index is 0.0948. The van der Waals surface area contributed by atoms with Gasteiger partial charge in [-0.25, -0.2) is 0 Å². The van der Waals surface area contributed by atoms with Gasteiger partial charge in [0.25, 0.3) is 5.91 Å². The second-order valence-electron chi connectivity index (χ2n) is 6.28. The van der Waals surface area contributed by atoms with E-state index in [-0.39, 0.29) is 5.91 Å². The number of methoxy groups -OCH3 is 1. The molecule has 2 aromatic carbocycles. The zero-order chi connectivity index (χ0) is 17.1. The molecule has 0 spiro atoms. The fourth-order valence-corrected chi connectivity index (χ4v) is 3.01. The molecule has 126 valence electrons. The van der Waals surface area contributed by atoms with Crippen LogP contribution in [0.15, 0.2) is 42.5 Å². The number of anilines is 1. The summed E-state index contributed by atoms with van der Waals surface area (Å²) in [5.41, 5.74) is 4.58. The second-order valence-corrected chi connectivity index (χ2v) is 6.28. The largest absolute Gasteiger partial charge is 0.497 e. The molecule has 4 nitrogen and oxygen atoms in total. The first kappa shape index (κ1) is 16.4. The SMILES string of the molecule is COc1ccc(C(=O)N2CCN(c3ccc(C)c(C)c3)CC2)cc1. The van der Waals surface area contributed by atoms with Gasteiger partial charge in [0.15, 0.2) is 0 Å². The molecule has 1 heterocycles. The van der Waals surface area contributed by atoms with E-state index in [4.69, 9.17) is 4.74 Å². The molecule has 1 aliphatic heterocycles. The third kappa shape index (κ3) is 3.37. The van der Waals surface area contributed by atoms with Gasteiger partial charge in [-0.05, 0) is 61.4 Å². The lowest BCUT2D eigenvalue weighted by Crippen LogP contribution is -2.48. The van der Waals surface area contributed by atoms with Crippen LogP contribution in [0.4, 0.5) is 5.69 Å². The van der Waals surface area contributed by atoms with Crippen LogP contribution in [-0.4, -0.2) is 44.1 Å². The zero-order valence-electron chi connectivity index (χ0n) is 14.6. The predicted molar refractivity (Wildman–Crippen MR) is 97.0 cm³/mol. The summed E-state index contributed by atoms with van der Waals surface area (Å²) in [6.45, 7) is 7.50. The summed E-state index contributed by atoms with van der Waals surface area (Å²) in [5.74, 6) is 0.864. The summed E-state index contributed by atoms with van der Waals surface area (Å²) in [5, 5.41) is 0.